The van der Waals surface area contributed by atoms with Crippen molar-refractivity contribution in [3.05, 3.63) is 0 Å². The number of aliphatic hydroxyl groups excluding tert-OH is 1. The molecule has 1 saturated heterocycles. The summed E-state index contributed by atoms with van der Waals surface area (Å²) < 4.78 is 0.882. The molecule has 0 bridgehead atoms. The summed E-state index contributed by atoms with van der Waals surface area (Å²) in [4.78, 5) is 22.5. The summed E-state index contributed by atoms with van der Waals surface area (Å²) >= 11 is 0. The Kier molecular flexibility index (Phi) is 10.2. The number of carbonyl (C=O) groups excluding carboxylic acids is 2. The van der Waals surface area contributed by atoms with E-state index in [4.69, 9.17) is 0 Å². The van der Waals surface area contributed by atoms with Crippen LogP contribution in [0.5, 0.6) is 0 Å². The van der Waals surface area contributed by atoms with Crippen LogP contribution in [-0.2, 0) is 9.59 Å². The summed E-state index contributed by atoms with van der Waals surface area (Å²) in [6, 6.07) is 0. The minimum Gasteiger partial charge on any atom is -0.382 e. The fourth-order valence-electron chi connectivity index (χ4n) is 2.85. The van der Waals surface area contributed by atoms with Crippen molar-refractivity contribution in [3.63, 3.8) is 0 Å². The summed E-state index contributed by atoms with van der Waals surface area (Å²) in [5.41, 5.74) is 0. The van der Waals surface area contributed by atoms with E-state index in [1.165, 1.54) is 0 Å². The molecule has 22 heavy (non-hydrogen) atoms. The van der Waals surface area contributed by atoms with Gasteiger partial charge in [-0.1, -0.05) is 7.43 Å². The van der Waals surface area contributed by atoms with Crippen LogP contribution in [0, 0.1) is 0 Å². The zero-order valence-electron chi connectivity index (χ0n) is 13.4. The van der Waals surface area contributed by atoms with Gasteiger partial charge in [-0.3, -0.25) is 4.79 Å². The van der Waals surface area contributed by atoms with Gasteiger partial charge >= 0.3 is 0 Å². The molecule has 1 amide bonds. The maximum Gasteiger partial charge on any atom is 0.220 e. The van der Waals surface area contributed by atoms with E-state index in [0.29, 0.717) is 19.4 Å². The molecular weight excluding hydrogens is 282 g/mol. The third kappa shape index (κ3) is 7.87. The molecule has 1 aliphatic heterocycles. The molecule has 0 aromatic rings. The first-order chi connectivity index (χ1) is 9.97. The second kappa shape index (κ2) is 10.7. The fourth-order valence-corrected chi connectivity index (χ4v) is 2.85. The summed E-state index contributed by atoms with van der Waals surface area (Å²) in [6.45, 7) is 6.59. The first-order valence-electron chi connectivity index (χ1n) is 7.91. The molecule has 0 radical (unpaired) electrons. The number of amides is 1. The Morgan fingerprint density at radius 3 is 2.27 bits per heavy atom. The topological polar surface area (TPSA) is 78.4 Å². The minimum absolute atomic E-state index is 0. The second-order valence-corrected chi connectivity index (χ2v) is 6.17. The van der Waals surface area contributed by atoms with Crippen molar-refractivity contribution in [1.82, 2.24) is 10.6 Å². The van der Waals surface area contributed by atoms with E-state index in [-0.39, 0.29) is 25.2 Å². The van der Waals surface area contributed by atoms with Gasteiger partial charge in [-0.15, -0.1) is 0 Å². The first kappa shape index (κ1) is 21.0. The predicted octanol–water partition coefficient (Wildman–Crippen LogP) is 0.299. The normalized spacial score (nSPS) is 23.3. The number of carbonyl (C=O) groups is 2. The molecule has 0 saturated carbocycles. The van der Waals surface area contributed by atoms with Crippen LogP contribution < -0.4 is 10.6 Å². The molecule has 6 nitrogen and oxygen atoms in total. The maximum atomic E-state index is 11.7. The van der Waals surface area contributed by atoms with Crippen molar-refractivity contribution in [1.29, 1.82) is 0 Å². The number of rotatable bonds is 11. The van der Waals surface area contributed by atoms with Crippen LogP contribution in [0.4, 0.5) is 0 Å². The number of quaternary nitrogens is 1. The highest BCUT2D eigenvalue weighted by Gasteiger charge is 2.41. The Labute approximate surface area is 134 Å². The lowest BCUT2D eigenvalue weighted by molar-refractivity contribution is -0.970. The van der Waals surface area contributed by atoms with Crippen LogP contribution in [0.25, 0.3) is 0 Å². The van der Waals surface area contributed by atoms with Gasteiger partial charge in [-0.25, -0.2) is 0 Å². The number of hydrogen-bond donors (Lipinski definition) is 3. The standard InChI is InChI=1S/C15H29N3O3.CH4/c1-13(19)5-3-4-6-15(21)17-8-10-18(9-7-16-2)11-14(20)12-18;/h14,16,20H,3-12H2,1-2H3;1H4/p+1. The van der Waals surface area contributed by atoms with Crippen molar-refractivity contribution in [2.24, 2.45) is 0 Å². The molecular formula is C16H34N3O3+. The number of Topliss-reactive ketones (excluding diaryl/α,β-unsaturated/α-hetero) is 1. The third-order valence-corrected chi connectivity index (χ3v) is 4.12. The summed E-state index contributed by atoms with van der Waals surface area (Å²) in [7, 11) is 1.93. The number of aliphatic hydroxyl groups is 1. The van der Waals surface area contributed by atoms with Crippen LogP contribution >= 0.6 is 0 Å². The number of likely N-dealkylation sites (tertiary alicyclic amines) is 1. The van der Waals surface area contributed by atoms with Crippen LogP contribution in [0.2, 0.25) is 0 Å². The predicted molar refractivity (Wildman–Crippen MR) is 88.6 cm³/mol. The van der Waals surface area contributed by atoms with Gasteiger partial charge in [0.25, 0.3) is 0 Å². The molecule has 6 heteroatoms. The zero-order valence-corrected chi connectivity index (χ0v) is 13.4. The van der Waals surface area contributed by atoms with E-state index in [0.717, 1.165) is 50.0 Å². The lowest BCUT2D eigenvalue weighted by Gasteiger charge is -2.48. The smallest absolute Gasteiger partial charge is 0.220 e. The van der Waals surface area contributed by atoms with E-state index in [2.05, 4.69) is 10.6 Å². The SMILES string of the molecule is C.CNCC[N+]1(CCNC(=O)CCCCC(C)=O)CC(O)C1. The molecule has 1 rings (SSSR count). The van der Waals surface area contributed by atoms with E-state index >= 15 is 0 Å². The van der Waals surface area contributed by atoms with Gasteiger partial charge in [0.2, 0.25) is 5.91 Å². The molecule has 0 spiro atoms. The molecule has 0 aromatic heterocycles. The Balaban J connectivity index is 0.00000441. The minimum atomic E-state index is -0.191. The molecule has 1 heterocycles. The first-order valence-corrected chi connectivity index (χ1v) is 7.91. The van der Waals surface area contributed by atoms with E-state index < -0.39 is 0 Å². The van der Waals surface area contributed by atoms with Gasteiger partial charge in [0.15, 0.2) is 6.10 Å². The molecule has 0 aliphatic carbocycles. The average molecular weight is 316 g/mol. The van der Waals surface area contributed by atoms with Crippen molar-refractivity contribution in [2.45, 2.75) is 46.1 Å². The molecule has 0 unspecified atom stereocenters. The van der Waals surface area contributed by atoms with E-state index in [9.17, 15) is 14.7 Å². The average Bonchev–Trinajstić information content (AvgIpc) is 2.39. The van der Waals surface area contributed by atoms with Gasteiger partial charge in [0, 0.05) is 19.4 Å². The Bertz CT molecular complexity index is 342. The Hall–Kier alpha value is -0.980. The summed E-state index contributed by atoms with van der Waals surface area (Å²) in [6.07, 6.45) is 2.42. The second-order valence-electron chi connectivity index (χ2n) is 6.17. The van der Waals surface area contributed by atoms with Gasteiger partial charge in [-0.05, 0) is 26.8 Å². The monoisotopic (exact) mass is 316 g/mol. The van der Waals surface area contributed by atoms with Crippen molar-refractivity contribution in [3.8, 4) is 0 Å². The Morgan fingerprint density at radius 1 is 1.14 bits per heavy atom. The molecule has 1 aliphatic rings. The van der Waals surface area contributed by atoms with E-state index in [1.54, 1.807) is 6.92 Å². The lowest BCUT2D eigenvalue weighted by atomic mass is 10.1. The van der Waals surface area contributed by atoms with Crippen LogP contribution in [-0.4, -0.2) is 73.7 Å². The van der Waals surface area contributed by atoms with Crippen LogP contribution in [0.3, 0.4) is 0 Å². The summed E-state index contributed by atoms with van der Waals surface area (Å²) in [5.74, 6) is 0.245. The summed E-state index contributed by atoms with van der Waals surface area (Å²) in [5, 5.41) is 15.6. The quantitative estimate of drug-likeness (QED) is 0.378. The highest BCUT2D eigenvalue weighted by Crippen LogP contribution is 2.19. The van der Waals surface area contributed by atoms with Gasteiger partial charge in [-0.2, -0.15) is 0 Å². The number of ketones is 1. The highest BCUT2D eigenvalue weighted by atomic mass is 16.3. The number of unbranched alkanes of at least 4 members (excludes halogenated alkanes) is 1. The number of nitrogens with one attached hydrogen (secondary N) is 2. The number of hydrogen-bond acceptors (Lipinski definition) is 4. The number of likely N-dealkylation sites (N-methyl/N-ethyl adjacent to an activating group) is 1. The molecule has 0 atom stereocenters. The van der Waals surface area contributed by atoms with Crippen molar-refractivity contribution in [2.75, 3.05) is 46.3 Å². The van der Waals surface area contributed by atoms with Crippen molar-refractivity contribution < 1.29 is 19.2 Å². The number of nitrogens with zero attached hydrogens (tertiary/aromatic N) is 1. The molecule has 130 valence electrons. The van der Waals surface area contributed by atoms with Gasteiger partial charge < -0.3 is 25.0 Å². The third-order valence-electron chi connectivity index (χ3n) is 4.12. The fraction of sp³-hybridized carbons (Fsp3) is 0.875. The maximum absolute atomic E-state index is 11.7. The van der Waals surface area contributed by atoms with Gasteiger partial charge in [0.05, 0.1) is 19.6 Å². The van der Waals surface area contributed by atoms with E-state index in [1.807, 2.05) is 7.05 Å². The Morgan fingerprint density at radius 2 is 1.73 bits per heavy atom. The highest BCUT2D eigenvalue weighted by molar-refractivity contribution is 5.76. The largest absolute Gasteiger partial charge is 0.382 e. The van der Waals surface area contributed by atoms with Crippen molar-refractivity contribution >= 4 is 11.7 Å². The molecule has 0 aromatic carbocycles. The molecule has 3 N–H and O–H groups in total. The zero-order chi connectivity index (χ0) is 15.7. The van der Waals surface area contributed by atoms with Gasteiger partial charge in [0.1, 0.15) is 18.9 Å². The van der Waals surface area contributed by atoms with Crippen LogP contribution in [0.15, 0.2) is 0 Å². The molecule has 1 fully saturated rings. The van der Waals surface area contributed by atoms with Crippen LogP contribution in [0.1, 0.15) is 40.0 Å². The lowest BCUT2D eigenvalue weighted by Crippen LogP contribution is -2.69.